The number of hydrogen-bond acceptors (Lipinski definition) is 6. The normalized spacial score (nSPS) is 32.6. The second-order valence-corrected chi connectivity index (χ2v) is 8.55. The molecule has 11 heteroatoms. The number of anilines is 1. The van der Waals surface area contributed by atoms with Crippen molar-refractivity contribution in [2.45, 2.75) is 69.1 Å². The predicted octanol–water partition coefficient (Wildman–Crippen LogP) is 2.54. The third-order valence-corrected chi connectivity index (χ3v) is 6.53. The number of hydrogen-bond donors (Lipinski definition) is 1. The van der Waals surface area contributed by atoms with E-state index in [0.717, 1.165) is 17.7 Å². The van der Waals surface area contributed by atoms with Crippen LogP contribution >= 0.6 is 24.8 Å². The van der Waals surface area contributed by atoms with Gasteiger partial charge in [0.2, 0.25) is 11.9 Å². The zero-order valence-corrected chi connectivity index (χ0v) is 18.2. The number of likely N-dealkylation sites (tertiary alicyclic amines) is 1. The molecule has 1 aromatic rings. The summed E-state index contributed by atoms with van der Waals surface area (Å²) in [7, 11) is 0. The summed E-state index contributed by atoms with van der Waals surface area (Å²) in [4.78, 5) is 24.9. The Balaban J connectivity index is 0.00000160. The quantitative estimate of drug-likeness (QED) is 0.740. The third kappa shape index (κ3) is 4.18. The molecule has 30 heavy (non-hydrogen) atoms. The van der Waals surface area contributed by atoms with Crippen molar-refractivity contribution in [2.24, 2.45) is 11.1 Å². The Morgan fingerprint density at radius 1 is 1.23 bits per heavy atom. The van der Waals surface area contributed by atoms with Gasteiger partial charge in [-0.05, 0) is 37.2 Å². The smallest absolute Gasteiger partial charge is 0.268 e. The van der Waals surface area contributed by atoms with Crippen molar-refractivity contribution < 1.29 is 13.6 Å². The first-order chi connectivity index (χ1) is 13.2. The minimum atomic E-state index is -3.04. The van der Waals surface area contributed by atoms with E-state index in [1.807, 2.05) is 13.0 Å². The largest absolute Gasteiger partial charge is 0.335 e. The number of alkyl halides is 2. The van der Waals surface area contributed by atoms with Gasteiger partial charge in [-0.25, -0.2) is 18.7 Å². The molecule has 3 saturated heterocycles. The molecule has 166 valence electrons. The van der Waals surface area contributed by atoms with Gasteiger partial charge in [0.05, 0.1) is 18.7 Å². The number of amides is 1. The lowest BCUT2D eigenvalue weighted by atomic mass is 9.71. The molecule has 3 unspecified atom stereocenters. The molecule has 0 saturated carbocycles. The molecule has 0 aliphatic carbocycles. The summed E-state index contributed by atoms with van der Waals surface area (Å²) in [5.74, 6) is -2.90. The molecule has 1 amide bonds. The Morgan fingerprint density at radius 3 is 2.33 bits per heavy atom. The average Bonchev–Trinajstić information content (AvgIpc) is 3.14. The van der Waals surface area contributed by atoms with Gasteiger partial charge in [-0.1, -0.05) is 6.92 Å². The van der Waals surface area contributed by atoms with Gasteiger partial charge in [-0.15, -0.1) is 24.8 Å². The van der Waals surface area contributed by atoms with Crippen molar-refractivity contribution in [1.82, 2.24) is 14.9 Å². The van der Waals surface area contributed by atoms with Crippen molar-refractivity contribution in [3.63, 3.8) is 0 Å². The number of halogens is 4. The number of nitriles is 1. The Labute approximate surface area is 186 Å². The number of nitrogens with zero attached hydrogens (tertiary/aromatic N) is 5. The Bertz CT molecular complexity index is 794. The Hall–Kier alpha value is -1.76. The second-order valence-electron chi connectivity index (χ2n) is 8.55. The standard InChI is InChI=1S/C19H24F2N6O.2ClH/c1-18(15(23)16(28)26-11-19(20,21)9-14(26)10-22)7-12-3-4-13(8-18)27(12)17-24-5-2-6-25-17;;/h2,5-6,12-15H,3-4,7-9,11,23H2,1H3;2*1H/t12?,13?,14-,15?,18?;;/m0../s1. The molecule has 3 aliphatic rings. The van der Waals surface area contributed by atoms with Gasteiger partial charge in [-0.2, -0.15) is 5.26 Å². The molecule has 4 rings (SSSR count). The summed E-state index contributed by atoms with van der Waals surface area (Å²) in [5.41, 5.74) is 5.83. The third-order valence-electron chi connectivity index (χ3n) is 6.53. The summed E-state index contributed by atoms with van der Waals surface area (Å²) < 4.78 is 27.5. The van der Waals surface area contributed by atoms with E-state index in [4.69, 9.17) is 5.73 Å². The van der Waals surface area contributed by atoms with Crippen LogP contribution in [0, 0.1) is 16.7 Å². The molecule has 3 aliphatic heterocycles. The number of nitrogens with two attached hydrogens (primary N) is 1. The van der Waals surface area contributed by atoms with Crippen molar-refractivity contribution in [2.75, 3.05) is 11.4 Å². The summed E-state index contributed by atoms with van der Waals surface area (Å²) >= 11 is 0. The highest BCUT2D eigenvalue weighted by Gasteiger charge is 2.54. The number of carbonyl (C=O) groups is 1. The summed E-state index contributed by atoms with van der Waals surface area (Å²) in [6.07, 6.45) is 6.04. The van der Waals surface area contributed by atoms with Crippen LogP contribution in [0.15, 0.2) is 18.5 Å². The fraction of sp³-hybridized carbons (Fsp3) is 0.684. The van der Waals surface area contributed by atoms with E-state index >= 15 is 0 Å². The molecule has 2 N–H and O–H groups in total. The predicted molar refractivity (Wildman–Crippen MR) is 112 cm³/mol. The van der Waals surface area contributed by atoms with Gasteiger partial charge in [0.15, 0.2) is 0 Å². The molecule has 1 aromatic heterocycles. The number of fused-ring (bicyclic) bond motifs is 2. The average molecular weight is 463 g/mol. The maximum atomic E-state index is 13.8. The first kappa shape index (κ1) is 24.5. The fourth-order valence-electron chi connectivity index (χ4n) is 5.17. The van der Waals surface area contributed by atoms with Gasteiger partial charge in [0.25, 0.3) is 5.92 Å². The highest BCUT2D eigenvalue weighted by atomic mass is 35.5. The molecule has 7 nitrogen and oxygen atoms in total. The van der Waals surface area contributed by atoms with Crippen LogP contribution < -0.4 is 10.6 Å². The SMILES string of the molecule is CC1(C(N)C(=O)N2CC(F)(F)C[C@H]2C#N)CC2CCC(C1)N2c1ncccn1.Cl.Cl. The molecular formula is C19H26Cl2F2N6O. The first-order valence-electron chi connectivity index (χ1n) is 9.63. The number of carbonyl (C=O) groups excluding carboxylic acids is 1. The van der Waals surface area contributed by atoms with Gasteiger partial charge in [0.1, 0.15) is 6.04 Å². The molecular weight excluding hydrogens is 437 g/mol. The highest BCUT2D eigenvalue weighted by molar-refractivity contribution is 5.85. The minimum absolute atomic E-state index is 0. The topological polar surface area (TPSA) is 99.1 Å². The van der Waals surface area contributed by atoms with Crippen LogP contribution in [0.2, 0.25) is 0 Å². The Kier molecular flexibility index (Phi) is 7.17. The zero-order chi connectivity index (χ0) is 20.1. The van der Waals surface area contributed by atoms with Crippen LogP contribution in [0.4, 0.5) is 14.7 Å². The molecule has 4 atom stereocenters. The van der Waals surface area contributed by atoms with Crippen molar-refractivity contribution in [3.05, 3.63) is 18.5 Å². The second kappa shape index (κ2) is 8.77. The van der Waals surface area contributed by atoms with E-state index in [2.05, 4.69) is 14.9 Å². The molecule has 0 spiro atoms. The van der Waals surface area contributed by atoms with Crippen LogP contribution in [-0.4, -0.2) is 57.4 Å². The maximum Gasteiger partial charge on any atom is 0.268 e. The fourth-order valence-corrected chi connectivity index (χ4v) is 5.17. The van der Waals surface area contributed by atoms with E-state index in [9.17, 15) is 18.8 Å². The van der Waals surface area contributed by atoms with Crippen molar-refractivity contribution in [1.29, 1.82) is 5.26 Å². The van der Waals surface area contributed by atoms with Gasteiger partial charge in [-0.3, -0.25) is 4.79 Å². The van der Waals surface area contributed by atoms with Gasteiger partial charge >= 0.3 is 0 Å². The lowest BCUT2D eigenvalue weighted by Gasteiger charge is -2.47. The summed E-state index contributed by atoms with van der Waals surface area (Å²) in [5, 5.41) is 9.19. The lowest BCUT2D eigenvalue weighted by Crippen LogP contribution is -2.59. The van der Waals surface area contributed by atoms with E-state index in [1.165, 1.54) is 0 Å². The number of rotatable bonds is 3. The number of piperidine rings is 1. The molecule has 4 heterocycles. The first-order valence-corrected chi connectivity index (χ1v) is 9.63. The molecule has 2 bridgehead atoms. The van der Waals surface area contributed by atoms with E-state index in [1.54, 1.807) is 18.5 Å². The Morgan fingerprint density at radius 2 is 1.80 bits per heavy atom. The summed E-state index contributed by atoms with van der Waals surface area (Å²) in [6.45, 7) is 1.23. The van der Waals surface area contributed by atoms with Gasteiger partial charge < -0.3 is 15.5 Å². The van der Waals surface area contributed by atoms with Crippen molar-refractivity contribution in [3.8, 4) is 6.07 Å². The zero-order valence-electron chi connectivity index (χ0n) is 16.6. The van der Waals surface area contributed by atoms with E-state index in [0.29, 0.717) is 18.8 Å². The van der Waals surface area contributed by atoms with Crippen LogP contribution in [0.3, 0.4) is 0 Å². The van der Waals surface area contributed by atoms with E-state index in [-0.39, 0.29) is 36.9 Å². The maximum absolute atomic E-state index is 13.8. The molecule has 0 radical (unpaired) electrons. The number of aromatic nitrogens is 2. The highest BCUT2D eigenvalue weighted by Crippen LogP contribution is 2.48. The minimum Gasteiger partial charge on any atom is -0.335 e. The molecule has 3 fully saturated rings. The monoisotopic (exact) mass is 462 g/mol. The van der Waals surface area contributed by atoms with Crippen LogP contribution in [0.1, 0.15) is 39.0 Å². The van der Waals surface area contributed by atoms with Crippen LogP contribution in [0.5, 0.6) is 0 Å². The lowest BCUT2D eigenvalue weighted by molar-refractivity contribution is -0.137. The van der Waals surface area contributed by atoms with Crippen LogP contribution in [-0.2, 0) is 4.79 Å². The van der Waals surface area contributed by atoms with E-state index < -0.39 is 42.3 Å². The van der Waals surface area contributed by atoms with Crippen LogP contribution in [0.25, 0.3) is 0 Å². The van der Waals surface area contributed by atoms with Gasteiger partial charge in [0, 0.05) is 30.9 Å². The molecule has 0 aromatic carbocycles. The summed E-state index contributed by atoms with van der Waals surface area (Å²) in [6, 6.07) is 1.88. The van der Waals surface area contributed by atoms with Crippen molar-refractivity contribution >= 4 is 36.7 Å².